The topological polar surface area (TPSA) is 62.7 Å². The Hall–Kier alpha value is -4.32. The maximum atomic E-state index is 6.66. The number of nitrogens with zero attached hydrogens (tertiary/aromatic N) is 2. The first-order chi connectivity index (χ1) is 32.8. The van der Waals surface area contributed by atoms with Crippen LogP contribution in [0.4, 0.5) is 0 Å². The van der Waals surface area contributed by atoms with Gasteiger partial charge >= 0.3 is 0 Å². The van der Waals surface area contributed by atoms with Crippen LogP contribution in [0.5, 0.6) is 23.0 Å². The van der Waals surface area contributed by atoms with E-state index in [0.29, 0.717) is 13.2 Å². The van der Waals surface area contributed by atoms with Crippen LogP contribution in [0.2, 0.25) is 0 Å². The highest BCUT2D eigenvalue weighted by atomic mass is 16.5. The second kappa shape index (κ2) is 29.4. The van der Waals surface area contributed by atoms with Gasteiger partial charge in [-0.25, -0.2) is 9.97 Å². The van der Waals surface area contributed by atoms with E-state index in [1.165, 1.54) is 180 Å². The van der Waals surface area contributed by atoms with Gasteiger partial charge in [-0.3, -0.25) is 0 Å². The highest BCUT2D eigenvalue weighted by Crippen LogP contribution is 2.37. The molecule has 4 aliphatic heterocycles. The Bertz CT molecular complexity index is 1980. The van der Waals surface area contributed by atoms with Crippen LogP contribution in [0, 0.1) is 0 Å². The molecule has 0 unspecified atom stereocenters. The van der Waals surface area contributed by atoms with Gasteiger partial charge in [-0.2, -0.15) is 0 Å². The minimum Gasteiger partial charge on any atom is -0.493 e. The summed E-state index contributed by atoms with van der Waals surface area (Å²) in [5, 5.41) is 2.13. The van der Waals surface area contributed by atoms with Crippen LogP contribution in [-0.4, -0.2) is 36.4 Å². The van der Waals surface area contributed by atoms with E-state index in [0.717, 1.165) is 106 Å². The largest absolute Gasteiger partial charge is 0.493 e. The fourth-order valence-electron chi connectivity index (χ4n) is 10.0. The summed E-state index contributed by atoms with van der Waals surface area (Å²) in [5.74, 6) is 3.42. The zero-order valence-electron chi connectivity index (χ0n) is 40.9. The smallest absolute Gasteiger partial charge is 0.132 e. The maximum Gasteiger partial charge on any atom is 0.132 e. The molecule has 0 N–H and O–H groups in total. The van der Waals surface area contributed by atoms with Crippen molar-refractivity contribution < 1.29 is 18.9 Å². The first-order valence-electron chi connectivity index (χ1n) is 27.3. The lowest BCUT2D eigenvalue weighted by atomic mass is 10.0. The van der Waals surface area contributed by atoms with Gasteiger partial charge in [0.2, 0.25) is 0 Å². The molecule has 6 heterocycles. The van der Waals surface area contributed by atoms with E-state index in [1.54, 1.807) is 0 Å². The molecule has 9 rings (SSSR count). The van der Waals surface area contributed by atoms with Crippen molar-refractivity contribution in [3.8, 4) is 45.5 Å². The number of ether oxygens (including phenoxy) is 4. The number of hydrogen-bond donors (Lipinski definition) is 0. The molecule has 66 heavy (non-hydrogen) atoms. The van der Waals surface area contributed by atoms with E-state index < -0.39 is 0 Å². The van der Waals surface area contributed by atoms with E-state index in [1.807, 2.05) is 0 Å². The van der Waals surface area contributed by atoms with Crippen LogP contribution in [0.3, 0.4) is 0 Å². The number of pyridine rings is 2. The normalized spacial score (nSPS) is 19.0. The zero-order valence-corrected chi connectivity index (χ0v) is 40.9. The molecule has 4 aliphatic rings. The average Bonchev–Trinajstić information content (AvgIpc) is 3.34. The van der Waals surface area contributed by atoms with Gasteiger partial charge in [0, 0.05) is 34.0 Å². The molecular formula is C60H84N2O4. The second-order valence-corrected chi connectivity index (χ2v) is 19.6. The highest BCUT2D eigenvalue weighted by molar-refractivity contribution is 6.04. The number of aromatic nitrogens is 2. The van der Waals surface area contributed by atoms with Crippen molar-refractivity contribution in [3.63, 3.8) is 0 Å². The molecule has 0 fully saturated rings. The Morgan fingerprint density at radius 1 is 0.258 bits per heavy atom. The molecule has 358 valence electrons. The Kier molecular flexibility index (Phi) is 22.1. The van der Waals surface area contributed by atoms with E-state index in [-0.39, 0.29) is 0 Å². The summed E-state index contributed by atoms with van der Waals surface area (Å²) in [7, 11) is 0. The summed E-state index contributed by atoms with van der Waals surface area (Å²) in [6, 6.07) is 25.6. The van der Waals surface area contributed by atoms with Gasteiger partial charge in [-0.05, 0) is 62.1 Å². The van der Waals surface area contributed by atoms with Crippen LogP contribution >= 0.6 is 0 Å². The van der Waals surface area contributed by atoms with Crippen LogP contribution in [0.1, 0.15) is 205 Å². The van der Waals surface area contributed by atoms with E-state index in [9.17, 15) is 0 Å². The summed E-state index contributed by atoms with van der Waals surface area (Å²) in [6.45, 7) is 2.84. The van der Waals surface area contributed by atoms with E-state index >= 15 is 0 Å². The summed E-state index contributed by atoms with van der Waals surface area (Å²) in [6.07, 6.45) is 41.6. The SMILES string of the molecule is c1cc2c3cc1OCCCCCCCCCCCCCCCCCCOc1ccc(c(c1)OCCCCCCCCCCCCCCCCCCO3)-c1ccc3ccc4ccc-2nc4c3n1. The molecule has 0 spiro atoms. The van der Waals surface area contributed by atoms with E-state index in [2.05, 4.69) is 72.8 Å². The van der Waals surface area contributed by atoms with Crippen molar-refractivity contribution in [2.24, 2.45) is 0 Å². The maximum absolute atomic E-state index is 6.66. The molecule has 6 nitrogen and oxygen atoms in total. The standard InChI is InChI=1S/C60H84N2O4/c1-2-6-10-14-18-22-26-30-44-64-52-38-40-54-56-42-36-50-34-33-49-35-41-55(61-59(49)60(50)62-56)53-39-37-51(63-43-29-25-21-17-13-9-5-1)47-57(53)65-45-31-27-23-19-15-11-7-3-4-8-12-16-20-24-28-32-46-66-58(54)48-52/h33-42,47-48H,1-32,43-46H2. The average molecular weight is 897 g/mol. The third kappa shape index (κ3) is 16.8. The molecule has 10 bridgehead atoms. The second-order valence-electron chi connectivity index (χ2n) is 19.6. The summed E-state index contributed by atoms with van der Waals surface area (Å²) >= 11 is 0. The van der Waals surface area contributed by atoms with Crippen LogP contribution in [0.25, 0.3) is 44.3 Å². The molecule has 3 aromatic carbocycles. The van der Waals surface area contributed by atoms with Crippen LogP contribution < -0.4 is 18.9 Å². The quantitative estimate of drug-likeness (QED) is 0.144. The molecular weight excluding hydrogens is 813 g/mol. The Balaban J connectivity index is 1.16. The molecule has 0 saturated heterocycles. The molecule has 0 radical (unpaired) electrons. The Labute approximate surface area is 399 Å². The number of benzene rings is 3. The van der Waals surface area contributed by atoms with Crippen molar-refractivity contribution in [2.45, 2.75) is 205 Å². The van der Waals surface area contributed by atoms with Crippen molar-refractivity contribution in [1.29, 1.82) is 0 Å². The lowest BCUT2D eigenvalue weighted by molar-refractivity contribution is 0.290. The predicted molar refractivity (Wildman–Crippen MR) is 278 cm³/mol. The van der Waals surface area contributed by atoms with Crippen molar-refractivity contribution in [1.82, 2.24) is 9.97 Å². The van der Waals surface area contributed by atoms with Crippen molar-refractivity contribution >= 4 is 21.8 Å². The number of hydrogen-bond acceptors (Lipinski definition) is 6. The zero-order chi connectivity index (χ0) is 45.1. The fourth-order valence-corrected chi connectivity index (χ4v) is 10.0. The molecule has 0 amide bonds. The lowest BCUT2D eigenvalue weighted by Gasteiger charge is -2.16. The van der Waals surface area contributed by atoms with Gasteiger partial charge in [0.05, 0.1) is 48.8 Å². The molecule has 5 aromatic rings. The van der Waals surface area contributed by atoms with Gasteiger partial charge in [0.15, 0.2) is 0 Å². The summed E-state index contributed by atoms with van der Waals surface area (Å²) < 4.78 is 26.1. The van der Waals surface area contributed by atoms with Gasteiger partial charge in [0.25, 0.3) is 0 Å². The van der Waals surface area contributed by atoms with Gasteiger partial charge in [0.1, 0.15) is 23.0 Å². The van der Waals surface area contributed by atoms with Crippen molar-refractivity contribution in [2.75, 3.05) is 26.4 Å². The first kappa shape index (κ1) is 49.6. The molecule has 0 atom stereocenters. The highest BCUT2D eigenvalue weighted by Gasteiger charge is 2.16. The number of rotatable bonds is 0. The summed E-state index contributed by atoms with van der Waals surface area (Å²) in [4.78, 5) is 10.8. The molecule has 0 saturated carbocycles. The minimum atomic E-state index is 0.687. The minimum absolute atomic E-state index is 0.687. The van der Waals surface area contributed by atoms with E-state index in [4.69, 9.17) is 28.9 Å². The molecule has 6 heteroatoms. The fraction of sp³-hybridized carbons (Fsp3) is 0.600. The third-order valence-electron chi connectivity index (χ3n) is 14.1. The van der Waals surface area contributed by atoms with Gasteiger partial charge in [-0.1, -0.05) is 204 Å². The van der Waals surface area contributed by atoms with Crippen LogP contribution in [0.15, 0.2) is 72.8 Å². The van der Waals surface area contributed by atoms with Crippen molar-refractivity contribution in [3.05, 3.63) is 72.8 Å². The van der Waals surface area contributed by atoms with Crippen LogP contribution in [-0.2, 0) is 0 Å². The lowest BCUT2D eigenvalue weighted by Crippen LogP contribution is -2.02. The summed E-state index contributed by atoms with van der Waals surface area (Å²) in [5.41, 5.74) is 5.51. The predicted octanol–water partition coefficient (Wildman–Crippen LogP) is 18.1. The van der Waals surface area contributed by atoms with Gasteiger partial charge < -0.3 is 18.9 Å². The van der Waals surface area contributed by atoms with Gasteiger partial charge in [-0.15, -0.1) is 0 Å². The Morgan fingerprint density at radius 3 is 0.818 bits per heavy atom. The Morgan fingerprint density at radius 2 is 0.515 bits per heavy atom. The first-order valence-corrected chi connectivity index (χ1v) is 27.3. The third-order valence-corrected chi connectivity index (χ3v) is 14.1. The monoisotopic (exact) mass is 897 g/mol. The molecule has 2 aromatic heterocycles. The molecule has 0 aliphatic carbocycles.